The van der Waals surface area contributed by atoms with Crippen molar-refractivity contribution in [3.05, 3.63) is 64.2 Å². The maximum Gasteiger partial charge on any atom is 0.159 e. The molecule has 2 aromatic rings. The van der Waals surface area contributed by atoms with E-state index in [1.807, 2.05) is 18.2 Å². The second-order valence-electron chi connectivity index (χ2n) is 8.91. The molecule has 26 heavy (non-hydrogen) atoms. The summed E-state index contributed by atoms with van der Waals surface area (Å²) in [7, 11) is 0. The van der Waals surface area contributed by atoms with Gasteiger partial charge < -0.3 is 4.98 Å². The number of carbonyl (C=O) groups excluding carboxylic acids is 1. The summed E-state index contributed by atoms with van der Waals surface area (Å²) in [6.45, 7) is 10.9. The van der Waals surface area contributed by atoms with Crippen LogP contribution in [0.3, 0.4) is 0 Å². The maximum atomic E-state index is 11.6. The van der Waals surface area contributed by atoms with Gasteiger partial charge in [-0.05, 0) is 66.5 Å². The zero-order valence-corrected chi connectivity index (χ0v) is 16.2. The van der Waals surface area contributed by atoms with E-state index in [0.29, 0.717) is 0 Å². The third kappa shape index (κ3) is 2.63. The number of benzene rings is 1. The summed E-state index contributed by atoms with van der Waals surface area (Å²) >= 11 is 0. The van der Waals surface area contributed by atoms with E-state index < -0.39 is 0 Å². The van der Waals surface area contributed by atoms with Crippen molar-refractivity contribution >= 4 is 22.3 Å². The van der Waals surface area contributed by atoms with E-state index >= 15 is 0 Å². The molecule has 0 aliphatic heterocycles. The van der Waals surface area contributed by atoms with E-state index in [9.17, 15) is 4.79 Å². The second-order valence-corrected chi connectivity index (χ2v) is 8.91. The molecular formula is C24H25NO. The number of hydrogen-bond acceptors (Lipinski definition) is 1. The molecule has 1 N–H and O–H groups in total. The second kappa shape index (κ2) is 5.48. The average molecular weight is 343 g/mol. The Kier molecular flexibility index (Phi) is 3.57. The lowest BCUT2D eigenvalue weighted by atomic mass is 9.60. The Bertz CT molecular complexity index is 1070. The topological polar surface area (TPSA) is 32.9 Å². The largest absolute Gasteiger partial charge is 0.354 e. The summed E-state index contributed by atoms with van der Waals surface area (Å²) in [4.78, 5) is 15.1. The van der Waals surface area contributed by atoms with E-state index in [4.69, 9.17) is 0 Å². The first-order valence-corrected chi connectivity index (χ1v) is 9.30. The number of hydrogen-bond donors (Lipinski definition) is 1. The van der Waals surface area contributed by atoms with E-state index in [-0.39, 0.29) is 16.6 Å². The first kappa shape index (κ1) is 16.9. The summed E-state index contributed by atoms with van der Waals surface area (Å²) in [6, 6.07) is 7.91. The maximum absolute atomic E-state index is 11.6. The zero-order valence-electron chi connectivity index (χ0n) is 16.2. The molecule has 0 atom stereocenters. The summed E-state index contributed by atoms with van der Waals surface area (Å²) in [5.41, 5.74) is 13.7. The first-order valence-electron chi connectivity index (χ1n) is 9.30. The van der Waals surface area contributed by atoms with Crippen LogP contribution < -0.4 is 0 Å². The molecule has 4 rings (SSSR count). The number of Topliss-reactive ketones (excluding diaryl/α,β-unsaturated/α-hetero) is 1. The van der Waals surface area contributed by atoms with Crippen LogP contribution in [0.1, 0.15) is 63.5 Å². The third-order valence-corrected chi connectivity index (χ3v) is 5.98. The molecule has 0 radical (unpaired) electrons. The minimum absolute atomic E-state index is 0.0901. The SMILES string of the molecule is CC(=O)c1ccc2[nH]c(C3=C=C=C4C(=C3)C(C)(C)CCC4(C)C)cc2c1. The highest BCUT2D eigenvalue weighted by molar-refractivity contribution is 5.98. The fourth-order valence-electron chi connectivity index (χ4n) is 4.04. The Hall–Kier alpha value is -2.53. The Labute approximate surface area is 155 Å². The van der Waals surface area contributed by atoms with Gasteiger partial charge in [0, 0.05) is 27.6 Å². The fourth-order valence-corrected chi connectivity index (χ4v) is 4.04. The minimum atomic E-state index is 0.0901. The molecule has 2 aliphatic carbocycles. The first-order chi connectivity index (χ1) is 12.2. The van der Waals surface area contributed by atoms with Crippen molar-refractivity contribution < 1.29 is 4.79 Å². The van der Waals surface area contributed by atoms with Crippen LogP contribution in [0.4, 0.5) is 0 Å². The van der Waals surface area contributed by atoms with Gasteiger partial charge in [-0.25, -0.2) is 0 Å². The number of rotatable bonds is 2. The molecule has 0 amide bonds. The summed E-state index contributed by atoms with van der Waals surface area (Å²) < 4.78 is 0. The van der Waals surface area contributed by atoms with Crippen molar-refractivity contribution in [1.82, 2.24) is 4.98 Å². The smallest absolute Gasteiger partial charge is 0.159 e. The number of nitrogens with one attached hydrogen (secondary N) is 1. The Morgan fingerprint density at radius 2 is 1.77 bits per heavy atom. The number of fused-ring (bicyclic) bond motifs is 2. The molecule has 1 fully saturated rings. The van der Waals surface area contributed by atoms with Gasteiger partial charge in [0.1, 0.15) is 0 Å². The van der Waals surface area contributed by atoms with Crippen LogP contribution in [0.15, 0.2) is 53.0 Å². The Balaban J connectivity index is 1.87. The van der Waals surface area contributed by atoms with Gasteiger partial charge >= 0.3 is 0 Å². The van der Waals surface area contributed by atoms with Crippen molar-refractivity contribution in [2.24, 2.45) is 10.8 Å². The van der Waals surface area contributed by atoms with Crippen molar-refractivity contribution in [3.8, 4) is 0 Å². The summed E-state index contributed by atoms with van der Waals surface area (Å²) in [5.74, 6) is 0.0901. The molecule has 132 valence electrons. The van der Waals surface area contributed by atoms with Gasteiger partial charge in [0.15, 0.2) is 5.78 Å². The lowest BCUT2D eigenvalue weighted by Gasteiger charge is -2.43. The predicted molar refractivity (Wildman–Crippen MR) is 107 cm³/mol. The molecule has 0 bridgehead atoms. The minimum Gasteiger partial charge on any atom is -0.354 e. The highest BCUT2D eigenvalue weighted by Crippen LogP contribution is 2.52. The lowest BCUT2D eigenvalue weighted by Crippen LogP contribution is -2.32. The molecule has 1 aromatic heterocycles. The van der Waals surface area contributed by atoms with Gasteiger partial charge in [-0.3, -0.25) is 4.79 Å². The van der Waals surface area contributed by atoms with Gasteiger partial charge in [-0.2, -0.15) is 0 Å². The highest BCUT2D eigenvalue weighted by Gasteiger charge is 2.40. The van der Waals surface area contributed by atoms with Crippen LogP contribution in [-0.4, -0.2) is 10.8 Å². The number of aromatic nitrogens is 1. The summed E-state index contributed by atoms with van der Waals surface area (Å²) in [5, 5.41) is 1.05. The van der Waals surface area contributed by atoms with Crippen molar-refractivity contribution in [3.63, 3.8) is 0 Å². The fraction of sp³-hybridized carbons (Fsp3) is 0.375. The zero-order chi connectivity index (χ0) is 18.7. The number of aromatic amines is 1. The molecule has 0 unspecified atom stereocenters. The van der Waals surface area contributed by atoms with E-state index in [1.165, 1.54) is 24.0 Å². The van der Waals surface area contributed by atoms with Gasteiger partial charge in [-0.1, -0.05) is 39.2 Å². The van der Waals surface area contributed by atoms with Gasteiger partial charge in [0.25, 0.3) is 0 Å². The van der Waals surface area contributed by atoms with Crippen LogP contribution in [0, 0.1) is 10.8 Å². The van der Waals surface area contributed by atoms with E-state index in [0.717, 1.165) is 27.7 Å². The van der Waals surface area contributed by atoms with Crippen LogP contribution in [0.5, 0.6) is 0 Å². The molecule has 2 heteroatoms. The lowest BCUT2D eigenvalue weighted by molar-refractivity contribution is 0.101. The van der Waals surface area contributed by atoms with Crippen molar-refractivity contribution in [2.45, 2.75) is 47.5 Å². The molecular weight excluding hydrogens is 318 g/mol. The number of allylic oxidation sites excluding steroid dienone is 4. The van der Waals surface area contributed by atoms with Gasteiger partial charge in [0.2, 0.25) is 0 Å². The molecule has 1 heterocycles. The number of ketones is 1. The Morgan fingerprint density at radius 1 is 1.04 bits per heavy atom. The van der Waals surface area contributed by atoms with E-state index in [1.54, 1.807) is 6.92 Å². The molecule has 0 saturated heterocycles. The standard InChI is InChI=1S/C24H25NO/c1-15(26)16-7-9-21-18(12-16)14-22(25-21)17-6-8-19-20(13-17)24(4,5)11-10-23(19,2)3/h7,9,12-14,25H,10-11H2,1-5H3. The van der Waals surface area contributed by atoms with Crippen LogP contribution in [0.2, 0.25) is 0 Å². The Morgan fingerprint density at radius 3 is 2.50 bits per heavy atom. The number of H-pyrrole nitrogens is 1. The van der Waals surface area contributed by atoms with Crippen LogP contribution in [0.25, 0.3) is 16.5 Å². The van der Waals surface area contributed by atoms with E-state index in [2.05, 4.69) is 56.3 Å². The number of carbonyl (C=O) groups is 1. The van der Waals surface area contributed by atoms with Gasteiger partial charge in [-0.15, -0.1) is 0 Å². The monoisotopic (exact) mass is 343 g/mol. The quantitative estimate of drug-likeness (QED) is 0.509. The van der Waals surface area contributed by atoms with Crippen LogP contribution in [-0.2, 0) is 0 Å². The summed E-state index contributed by atoms with van der Waals surface area (Å²) in [6.07, 6.45) is 4.64. The molecule has 1 aromatic carbocycles. The van der Waals surface area contributed by atoms with Crippen LogP contribution >= 0.6 is 0 Å². The molecule has 2 aliphatic rings. The van der Waals surface area contributed by atoms with Gasteiger partial charge in [0.05, 0.1) is 5.69 Å². The van der Waals surface area contributed by atoms with Crippen molar-refractivity contribution in [1.29, 1.82) is 0 Å². The normalized spacial score (nSPS) is 20.3. The molecule has 1 saturated carbocycles. The molecule has 0 spiro atoms. The average Bonchev–Trinajstić information content (AvgIpc) is 3.02. The molecule has 2 nitrogen and oxygen atoms in total. The third-order valence-electron chi connectivity index (χ3n) is 5.98. The predicted octanol–water partition coefficient (Wildman–Crippen LogP) is 6.22. The highest BCUT2D eigenvalue weighted by atomic mass is 16.1. The van der Waals surface area contributed by atoms with Crippen molar-refractivity contribution in [2.75, 3.05) is 0 Å².